The molecule has 1 aliphatic heterocycles. The van der Waals surface area contributed by atoms with Gasteiger partial charge in [-0.2, -0.15) is 0 Å². The van der Waals surface area contributed by atoms with Crippen LogP contribution in [0.15, 0.2) is 42.0 Å². The normalized spacial score (nSPS) is 15.0. The molecule has 0 radical (unpaired) electrons. The van der Waals surface area contributed by atoms with E-state index in [0.29, 0.717) is 39.9 Å². The molecule has 0 saturated carbocycles. The van der Waals surface area contributed by atoms with Gasteiger partial charge < -0.3 is 9.47 Å². The fourth-order valence-corrected chi connectivity index (χ4v) is 3.17. The van der Waals surface area contributed by atoms with Crippen LogP contribution in [0.1, 0.15) is 18.1 Å². The summed E-state index contributed by atoms with van der Waals surface area (Å²) in [6, 6.07) is 8.90. The van der Waals surface area contributed by atoms with Crippen LogP contribution >= 0.6 is 11.6 Å². The third-order valence-corrected chi connectivity index (χ3v) is 4.88. The summed E-state index contributed by atoms with van der Waals surface area (Å²) in [6.45, 7) is 3.94. The Morgan fingerprint density at radius 3 is 2.65 bits per heavy atom. The van der Waals surface area contributed by atoms with E-state index in [1.165, 1.54) is 6.08 Å². The van der Waals surface area contributed by atoms with Crippen LogP contribution in [0.25, 0.3) is 6.08 Å². The third kappa shape index (κ3) is 4.55. The minimum absolute atomic E-state index is 0.0669. The first kappa shape index (κ1) is 21.9. The number of anilines is 1. The predicted octanol–water partition coefficient (Wildman–Crippen LogP) is 3.73. The van der Waals surface area contributed by atoms with Gasteiger partial charge >= 0.3 is 6.03 Å². The molecule has 7 nitrogen and oxygen atoms in total. The number of nitrogens with one attached hydrogen (secondary N) is 1. The molecular weight excluding hydrogens is 420 g/mol. The zero-order chi connectivity index (χ0) is 22.5. The molecule has 31 heavy (non-hydrogen) atoms. The zero-order valence-electron chi connectivity index (χ0n) is 16.9. The van der Waals surface area contributed by atoms with Crippen LogP contribution in [0.3, 0.4) is 0 Å². The number of carbonyl (C=O) groups excluding carboxylic acids is 3. The van der Waals surface area contributed by atoms with Gasteiger partial charge in [0.25, 0.3) is 11.8 Å². The Kier molecular flexibility index (Phi) is 6.63. The van der Waals surface area contributed by atoms with Crippen molar-refractivity contribution in [2.75, 3.05) is 18.1 Å². The van der Waals surface area contributed by atoms with Crippen LogP contribution in [-0.4, -0.2) is 31.1 Å². The second-order valence-corrected chi connectivity index (χ2v) is 6.88. The van der Waals surface area contributed by atoms with Gasteiger partial charge in [-0.3, -0.25) is 14.9 Å². The number of imide groups is 2. The lowest BCUT2D eigenvalue weighted by Crippen LogP contribution is -2.54. The van der Waals surface area contributed by atoms with E-state index >= 15 is 0 Å². The standard InChI is InChI=1S/C23H19ClN2O5/c1-4-11-31-19-10-9-15(13-20(19)30-5-2)12-16-21(27)25-23(29)26(22(16)28)18-8-6-7-17(24)14(18)3/h1,6-10,12-13H,5,11H2,2-3H3,(H,25,27,29)/b16-12+. The highest BCUT2D eigenvalue weighted by atomic mass is 35.5. The number of terminal acetylenes is 1. The molecule has 4 amide bonds. The minimum Gasteiger partial charge on any atom is -0.490 e. The van der Waals surface area contributed by atoms with Gasteiger partial charge in [-0.25, -0.2) is 9.69 Å². The number of halogens is 1. The Labute approximate surface area is 184 Å². The van der Waals surface area contributed by atoms with Crippen LogP contribution in [0, 0.1) is 19.3 Å². The molecule has 2 aromatic carbocycles. The number of ether oxygens (including phenoxy) is 2. The van der Waals surface area contributed by atoms with E-state index < -0.39 is 17.8 Å². The van der Waals surface area contributed by atoms with Crippen LogP contribution in [0.2, 0.25) is 5.02 Å². The van der Waals surface area contributed by atoms with Gasteiger partial charge in [0.2, 0.25) is 0 Å². The van der Waals surface area contributed by atoms with E-state index in [0.717, 1.165) is 4.90 Å². The fraction of sp³-hybridized carbons (Fsp3) is 0.174. The van der Waals surface area contributed by atoms with Gasteiger partial charge in [0.1, 0.15) is 12.2 Å². The van der Waals surface area contributed by atoms with Gasteiger partial charge in [-0.05, 0) is 55.3 Å². The van der Waals surface area contributed by atoms with E-state index in [4.69, 9.17) is 27.5 Å². The zero-order valence-corrected chi connectivity index (χ0v) is 17.7. The second kappa shape index (κ2) is 9.37. The van der Waals surface area contributed by atoms with E-state index in [2.05, 4.69) is 11.2 Å². The van der Waals surface area contributed by atoms with Gasteiger partial charge in [0.15, 0.2) is 11.5 Å². The average Bonchev–Trinajstić information content (AvgIpc) is 2.73. The van der Waals surface area contributed by atoms with E-state index in [1.54, 1.807) is 43.3 Å². The molecule has 3 rings (SSSR count). The number of hydrogen-bond donors (Lipinski definition) is 1. The molecule has 158 valence electrons. The highest BCUT2D eigenvalue weighted by Crippen LogP contribution is 2.32. The first-order valence-corrected chi connectivity index (χ1v) is 9.74. The number of rotatable bonds is 6. The molecule has 2 aromatic rings. The number of nitrogens with zero attached hydrogens (tertiary/aromatic N) is 1. The molecular formula is C23H19ClN2O5. The molecule has 8 heteroatoms. The number of barbiturate groups is 1. The summed E-state index contributed by atoms with van der Waals surface area (Å²) >= 11 is 6.13. The quantitative estimate of drug-likeness (QED) is 0.422. The predicted molar refractivity (Wildman–Crippen MR) is 117 cm³/mol. The van der Waals surface area contributed by atoms with Crippen LogP contribution in [0.5, 0.6) is 11.5 Å². The smallest absolute Gasteiger partial charge is 0.335 e. The Hall–Kier alpha value is -3.76. The lowest BCUT2D eigenvalue weighted by molar-refractivity contribution is -0.122. The van der Waals surface area contributed by atoms with E-state index in [9.17, 15) is 14.4 Å². The van der Waals surface area contributed by atoms with Crippen LogP contribution in [0.4, 0.5) is 10.5 Å². The number of amides is 4. The van der Waals surface area contributed by atoms with Crippen molar-refractivity contribution in [3.8, 4) is 23.8 Å². The van der Waals surface area contributed by atoms with E-state index in [1.807, 2.05) is 6.92 Å². The third-order valence-electron chi connectivity index (χ3n) is 4.47. The maximum absolute atomic E-state index is 13.1. The van der Waals surface area contributed by atoms with Crippen LogP contribution in [-0.2, 0) is 9.59 Å². The highest BCUT2D eigenvalue weighted by Gasteiger charge is 2.37. The fourth-order valence-electron chi connectivity index (χ4n) is 3.00. The molecule has 0 spiro atoms. The Morgan fingerprint density at radius 1 is 1.16 bits per heavy atom. The maximum Gasteiger partial charge on any atom is 0.335 e. The number of hydrogen-bond acceptors (Lipinski definition) is 5. The summed E-state index contributed by atoms with van der Waals surface area (Å²) in [6.07, 6.45) is 6.61. The monoisotopic (exact) mass is 438 g/mol. The van der Waals surface area contributed by atoms with Crippen LogP contribution < -0.4 is 19.7 Å². The summed E-state index contributed by atoms with van der Waals surface area (Å²) in [5.41, 5.74) is 1.13. The highest BCUT2D eigenvalue weighted by molar-refractivity contribution is 6.39. The van der Waals surface area contributed by atoms with E-state index in [-0.39, 0.29) is 12.2 Å². The molecule has 0 aliphatic carbocycles. The lowest BCUT2D eigenvalue weighted by Gasteiger charge is -2.27. The van der Waals surface area contributed by atoms with Crippen molar-refractivity contribution in [1.29, 1.82) is 0 Å². The second-order valence-electron chi connectivity index (χ2n) is 6.47. The van der Waals surface area contributed by atoms with Crippen molar-refractivity contribution >= 4 is 41.2 Å². The topological polar surface area (TPSA) is 84.9 Å². The molecule has 0 atom stereocenters. The molecule has 1 fully saturated rings. The van der Waals surface area contributed by atoms with Gasteiger partial charge in [0, 0.05) is 5.02 Å². The molecule has 0 unspecified atom stereocenters. The summed E-state index contributed by atoms with van der Waals surface area (Å²) in [5, 5.41) is 2.59. The number of benzene rings is 2. The summed E-state index contributed by atoms with van der Waals surface area (Å²) in [5.74, 6) is 1.67. The molecule has 1 aliphatic rings. The Bertz CT molecular complexity index is 1130. The molecule has 0 bridgehead atoms. The number of urea groups is 1. The van der Waals surface area contributed by atoms with Crippen molar-refractivity contribution in [2.45, 2.75) is 13.8 Å². The molecule has 1 heterocycles. The largest absolute Gasteiger partial charge is 0.490 e. The lowest BCUT2D eigenvalue weighted by atomic mass is 10.1. The number of carbonyl (C=O) groups is 3. The van der Waals surface area contributed by atoms with Crippen molar-refractivity contribution in [3.05, 3.63) is 58.1 Å². The summed E-state index contributed by atoms with van der Waals surface area (Å²) in [4.78, 5) is 38.8. The Balaban J connectivity index is 2.01. The molecule has 1 N–H and O–H groups in total. The van der Waals surface area contributed by atoms with Gasteiger partial charge in [-0.1, -0.05) is 29.7 Å². The van der Waals surface area contributed by atoms with Crippen molar-refractivity contribution in [2.24, 2.45) is 0 Å². The SMILES string of the molecule is C#CCOc1ccc(/C=C2\C(=O)NC(=O)N(c3cccc(Cl)c3C)C2=O)cc1OCC. The summed E-state index contributed by atoms with van der Waals surface area (Å²) in [7, 11) is 0. The maximum atomic E-state index is 13.1. The van der Waals surface area contributed by atoms with Gasteiger partial charge in [-0.15, -0.1) is 6.42 Å². The summed E-state index contributed by atoms with van der Waals surface area (Å²) < 4.78 is 11.0. The first-order valence-electron chi connectivity index (χ1n) is 9.37. The molecule has 1 saturated heterocycles. The van der Waals surface area contributed by atoms with Gasteiger partial charge in [0.05, 0.1) is 12.3 Å². The van der Waals surface area contributed by atoms with Crippen molar-refractivity contribution < 1.29 is 23.9 Å². The first-order chi connectivity index (χ1) is 14.9. The Morgan fingerprint density at radius 2 is 1.94 bits per heavy atom. The average molecular weight is 439 g/mol. The van der Waals surface area contributed by atoms with Crippen molar-refractivity contribution in [3.63, 3.8) is 0 Å². The molecule has 0 aromatic heterocycles. The minimum atomic E-state index is -0.842. The van der Waals surface area contributed by atoms with Crippen molar-refractivity contribution in [1.82, 2.24) is 5.32 Å².